The van der Waals surface area contributed by atoms with Gasteiger partial charge in [-0.15, -0.1) is 0 Å². The van der Waals surface area contributed by atoms with Gasteiger partial charge in [-0.25, -0.2) is 0 Å². The largest absolute Gasteiger partial charge is 0.393 e. The van der Waals surface area contributed by atoms with E-state index in [4.69, 9.17) is 4.74 Å². The van der Waals surface area contributed by atoms with E-state index in [1.807, 2.05) is 41.5 Å². The molecule has 3 heteroatoms. The third-order valence-corrected chi connectivity index (χ3v) is 3.94. The molecule has 0 rings (SSSR count). The molecule has 0 aliphatic rings. The van der Waals surface area contributed by atoms with Crippen molar-refractivity contribution in [3.05, 3.63) is 0 Å². The molecule has 0 aromatic rings. The number of carbonyl (C=O) groups excluding carboxylic acids is 2. The molecule has 0 amide bonds. The summed E-state index contributed by atoms with van der Waals surface area (Å²) in [5, 5.41) is 0. The first-order valence-corrected chi connectivity index (χ1v) is 6.60. The average molecular weight is 242 g/mol. The zero-order valence-corrected chi connectivity index (χ0v) is 11.9. The highest BCUT2D eigenvalue weighted by atomic mass is 16.6. The molecule has 4 unspecified atom stereocenters. The fraction of sp³-hybridized carbons (Fsp3) is 0.857. The third kappa shape index (κ3) is 4.88. The molecule has 0 bridgehead atoms. The van der Waals surface area contributed by atoms with Crippen LogP contribution >= 0.6 is 0 Å². The average Bonchev–Trinajstić information content (AvgIpc) is 2.34. The zero-order valence-electron chi connectivity index (χ0n) is 11.9. The first-order valence-electron chi connectivity index (χ1n) is 6.60. The summed E-state index contributed by atoms with van der Waals surface area (Å²) >= 11 is 0. The number of ether oxygens (including phenoxy) is 1. The van der Waals surface area contributed by atoms with E-state index in [0.29, 0.717) is 0 Å². The predicted molar refractivity (Wildman–Crippen MR) is 68.3 cm³/mol. The van der Waals surface area contributed by atoms with E-state index >= 15 is 0 Å². The van der Waals surface area contributed by atoms with Gasteiger partial charge in [-0.1, -0.05) is 54.4 Å². The molecule has 0 fully saturated rings. The summed E-state index contributed by atoms with van der Waals surface area (Å²) in [4.78, 5) is 23.5. The van der Waals surface area contributed by atoms with Gasteiger partial charge in [0.2, 0.25) is 0 Å². The lowest BCUT2D eigenvalue weighted by Gasteiger charge is -2.19. The normalized spacial score (nSPS) is 18.0. The molecule has 100 valence electrons. The van der Waals surface area contributed by atoms with Gasteiger partial charge >= 0.3 is 11.9 Å². The quantitative estimate of drug-likeness (QED) is 0.529. The van der Waals surface area contributed by atoms with Crippen molar-refractivity contribution in [2.75, 3.05) is 0 Å². The molecule has 0 aliphatic carbocycles. The predicted octanol–water partition coefficient (Wildman–Crippen LogP) is 3.42. The maximum Gasteiger partial charge on any atom is 0.316 e. The Kier molecular flexibility index (Phi) is 7.09. The topological polar surface area (TPSA) is 43.4 Å². The van der Waals surface area contributed by atoms with Crippen LogP contribution in [-0.2, 0) is 14.3 Å². The summed E-state index contributed by atoms with van der Waals surface area (Å²) < 4.78 is 4.94. The molecule has 0 N–H and O–H groups in total. The Labute approximate surface area is 105 Å². The van der Waals surface area contributed by atoms with Crippen molar-refractivity contribution in [1.82, 2.24) is 0 Å². The SMILES string of the molecule is CCC(C)C(C)C(=O)OC(=O)C(C)C(C)CC. The van der Waals surface area contributed by atoms with Gasteiger partial charge in [-0.3, -0.25) is 9.59 Å². The van der Waals surface area contributed by atoms with Crippen LogP contribution in [0.4, 0.5) is 0 Å². The van der Waals surface area contributed by atoms with Gasteiger partial charge < -0.3 is 4.74 Å². The molecule has 0 aliphatic heterocycles. The highest BCUT2D eigenvalue weighted by Gasteiger charge is 2.27. The minimum atomic E-state index is -0.389. The van der Waals surface area contributed by atoms with Gasteiger partial charge in [-0.05, 0) is 11.8 Å². The van der Waals surface area contributed by atoms with Crippen LogP contribution in [0.3, 0.4) is 0 Å². The lowest BCUT2D eigenvalue weighted by Crippen LogP contribution is -2.28. The van der Waals surface area contributed by atoms with Gasteiger partial charge in [0.05, 0.1) is 11.8 Å². The van der Waals surface area contributed by atoms with E-state index in [-0.39, 0.29) is 35.6 Å². The Morgan fingerprint density at radius 2 is 1.12 bits per heavy atom. The van der Waals surface area contributed by atoms with E-state index < -0.39 is 0 Å². The Bertz CT molecular complexity index is 234. The smallest absolute Gasteiger partial charge is 0.316 e. The summed E-state index contributed by atoms with van der Waals surface area (Å²) in [5.74, 6) is -0.719. The number of hydrogen-bond acceptors (Lipinski definition) is 3. The minimum absolute atomic E-state index is 0.215. The van der Waals surface area contributed by atoms with E-state index in [9.17, 15) is 9.59 Å². The first kappa shape index (κ1) is 16.1. The Morgan fingerprint density at radius 3 is 1.35 bits per heavy atom. The van der Waals surface area contributed by atoms with Gasteiger partial charge in [0, 0.05) is 0 Å². The molecule has 0 heterocycles. The maximum absolute atomic E-state index is 11.7. The molecular formula is C14H26O3. The molecule has 0 aromatic carbocycles. The van der Waals surface area contributed by atoms with Crippen LogP contribution in [0, 0.1) is 23.7 Å². The van der Waals surface area contributed by atoms with Crippen LogP contribution in [-0.4, -0.2) is 11.9 Å². The fourth-order valence-electron chi connectivity index (χ4n) is 1.46. The molecule has 0 aromatic heterocycles. The molecule has 3 nitrogen and oxygen atoms in total. The molecular weight excluding hydrogens is 216 g/mol. The number of hydrogen-bond donors (Lipinski definition) is 0. The van der Waals surface area contributed by atoms with Crippen LogP contribution in [0.5, 0.6) is 0 Å². The van der Waals surface area contributed by atoms with Crippen molar-refractivity contribution in [3.63, 3.8) is 0 Å². The summed E-state index contributed by atoms with van der Waals surface area (Å²) in [6.45, 7) is 11.7. The van der Waals surface area contributed by atoms with Crippen molar-refractivity contribution < 1.29 is 14.3 Å². The van der Waals surface area contributed by atoms with Crippen molar-refractivity contribution in [3.8, 4) is 0 Å². The number of carbonyl (C=O) groups is 2. The van der Waals surface area contributed by atoms with Crippen LogP contribution in [0.25, 0.3) is 0 Å². The summed E-state index contributed by atoms with van der Waals surface area (Å²) in [6, 6.07) is 0. The first-order chi connectivity index (χ1) is 7.84. The van der Waals surface area contributed by atoms with E-state index in [1.54, 1.807) is 0 Å². The summed E-state index contributed by atoms with van der Waals surface area (Å²) in [7, 11) is 0. The monoisotopic (exact) mass is 242 g/mol. The van der Waals surface area contributed by atoms with Gasteiger partial charge in [-0.2, -0.15) is 0 Å². The Balaban J connectivity index is 4.34. The molecule has 4 atom stereocenters. The Hall–Kier alpha value is -0.860. The van der Waals surface area contributed by atoms with Crippen LogP contribution in [0.15, 0.2) is 0 Å². The summed E-state index contributed by atoms with van der Waals surface area (Å²) in [5.41, 5.74) is 0. The third-order valence-electron chi connectivity index (χ3n) is 3.94. The second-order valence-corrected chi connectivity index (χ2v) is 5.09. The lowest BCUT2D eigenvalue weighted by atomic mass is 9.92. The maximum atomic E-state index is 11.7. The van der Waals surface area contributed by atoms with Gasteiger partial charge in [0.15, 0.2) is 0 Å². The van der Waals surface area contributed by atoms with Crippen molar-refractivity contribution in [2.24, 2.45) is 23.7 Å². The molecule has 0 radical (unpaired) electrons. The van der Waals surface area contributed by atoms with E-state index in [0.717, 1.165) is 12.8 Å². The second kappa shape index (κ2) is 7.46. The van der Waals surface area contributed by atoms with Crippen molar-refractivity contribution in [1.29, 1.82) is 0 Å². The molecule has 0 saturated carbocycles. The zero-order chi connectivity index (χ0) is 13.6. The highest BCUT2D eigenvalue weighted by molar-refractivity contribution is 5.87. The van der Waals surface area contributed by atoms with Crippen LogP contribution < -0.4 is 0 Å². The highest BCUT2D eigenvalue weighted by Crippen LogP contribution is 2.19. The van der Waals surface area contributed by atoms with E-state index in [1.165, 1.54) is 0 Å². The molecule has 0 saturated heterocycles. The van der Waals surface area contributed by atoms with Crippen LogP contribution in [0.2, 0.25) is 0 Å². The fourth-order valence-corrected chi connectivity index (χ4v) is 1.46. The standard InChI is InChI=1S/C14H26O3/c1-7-9(3)11(5)13(15)17-14(16)12(6)10(4)8-2/h9-12H,7-8H2,1-6H3. The van der Waals surface area contributed by atoms with Crippen LogP contribution in [0.1, 0.15) is 54.4 Å². The van der Waals surface area contributed by atoms with E-state index in [2.05, 4.69) is 0 Å². The summed E-state index contributed by atoms with van der Waals surface area (Å²) in [6.07, 6.45) is 1.82. The van der Waals surface area contributed by atoms with Gasteiger partial charge in [0.25, 0.3) is 0 Å². The number of rotatable bonds is 6. The minimum Gasteiger partial charge on any atom is -0.393 e. The van der Waals surface area contributed by atoms with Gasteiger partial charge in [0.1, 0.15) is 0 Å². The molecule has 17 heavy (non-hydrogen) atoms. The molecule has 0 spiro atoms. The Morgan fingerprint density at radius 1 is 0.824 bits per heavy atom. The number of esters is 2. The second-order valence-electron chi connectivity index (χ2n) is 5.09. The van der Waals surface area contributed by atoms with Crippen molar-refractivity contribution >= 4 is 11.9 Å². The lowest BCUT2D eigenvalue weighted by molar-refractivity contribution is -0.166. The van der Waals surface area contributed by atoms with Crippen molar-refractivity contribution in [2.45, 2.75) is 54.4 Å².